The highest BCUT2D eigenvalue weighted by atomic mass is 19.4. The maximum Gasteiger partial charge on any atom is 0.437 e. The fraction of sp³-hybridized carbons (Fsp3) is 0.154. The van der Waals surface area contributed by atoms with Gasteiger partial charge in [0.05, 0.1) is 0 Å². The molecule has 2 heterocycles. The molecule has 108 valence electrons. The Morgan fingerprint density at radius 2 is 1.81 bits per heavy atom. The summed E-state index contributed by atoms with van der Waals surface area (Å²) in [6, 6.07) is 8.73. The van der Waals surface area contributed by atoms with Gasteiger partial charge in [-0.1, -0.05) is 23.4 Å². The third kappa shape index (κ3) is 2.51. The number of nitrogens with zero attached hydrogens (tertiary/aromatic N) is 3. The van der Waals surface area contributed by atoms with Crippen LogP contribution >= 0.6 is 0 Å². The van der Waals surface area contributed by atoms with Crippen molar-refractivity contribution in [2.75, 3.05) is 5.32 Å². The van der Waals surface area contributed by atoms with E-state index in [0.29, 0.717) is 5.69 Å². The van der Waals surface area contributed by atoms with Crippen LogP contribution < -0.4 is 5.32 Å². The van der Waals surface area contributed by atoms with Crippen molar-refractivity contribution in [3.05, 3.63) is 41.9 Å². The quantitative estimate of drug-likeness (QED) is 0.781. The Morgan fingerprint density at radius 3 is 2.48 bits per heavy atom. The molecule has 0 aliphatic heterocycles. The number of aromatic nitrogens is 3. The van der Waals surface area contributed by atoms with Gasteiger partial charge in [0.2, 0.25) is 5.69 Å². The van der Waals surface area contributed by atoms with E-state index in [4.69, 9.17) is 0 Å². The maximum absolute atomic E-state index is 13.0. The highest BCUT2D eigenvalue weighted by Crippen LogP contribution is 2.37. The van der Waals surface area contributed by atoms with Crippen LogP contribution in [0.4, 0.5) is 24.7 Å². The van der Waals surface area contributed by atoms with Crippen LogP contribution in [-0.4, -0.2) is 15.1 Å². The second kappa shape index (κ2) is 4.72. The van der Waals surface area contributed by atoms with Gasteiger partial charge in [-0.3, -0.25) is 0 Å². The Hall–Kier alpha value is -2.64. The van der Waals surface area contributed by atoms with Gasteiger partial charge in [0.25, 0.3) is 5.71 Å². The molecule has 3 aromatic rings. The van der Waals surface area contributed by atoms with E-state index in [2.05, 4.69) is 25.0 Å². The highest BCUT2D eigenvalue weighted by molar-refractivity contribution is 5.90. The Bertz CT molecular complexity index is 783. The zero-order chi connectivity index (χ0) is 15.0. The topological polar surface area (TPSA) is 63.8 Å². The van der Waals surface area contributed by atoms with Gasteiger partial charge in [-0.2, -0.15) is 18.2 Å². The molecule has 21 heavy (non-hydrogen) atoms. The van der Waals surface area contributed by atoms with Gasteiger partial charge < -0.3 is 9.84 Å². The van der Waals surface area contributed by atoms with Gasteiger partial charge >= 0.3 is 6.18 Å². The zero-order valence-electron chi connectivity index (χ0n) is 10.8. The minimum Gasteiger partial charge on any atom is -0.339 e. The molecule has 0 radical (unpaired) electrons. The van der Waals surface area contributed by atoms with Crippen LogP contribution in [-0.2, 0) is 6.18 Å². The van der Waals surface area contributed by atoms with Gasteiger partial charge in [0, 0.05) is 5.69 Å². The van der Waals surface area contributed by atoms with Gasteiger partial charge in [0.1, 0.15) is 17.0 Å². The third-order valence-corrected chi connectivity index (χ3v) is 2.75. The van der Waals surface area contributed by atoms with Crippen LogP contribution in [0.5, 0.6) is 0 Å². The first-order valence-corrected chi connectivity index (χ1v) is 5.98. The SMILES string of the molecule is Cc1nc(Nc2ccccc2)c2c(C(F)(F)F)noc2n1. The van der Waals surface area contributed by atoms with E-state index in [9.17, 15) is 13.2 Å². The molecule has 0 unspecified atom stereocenters. The van der Waals surface area contributed by atoms with Crippen molar-refractivity contribution in [1.82, 2.24) is 15.1 Å². The molecule has 0 atom stereocenters. The van der Waals surface area contributed by atoms with Crippen molar-refractivity contribution in [1.29, 1.82) is 0 Å². The lowest BCUT2D eigenvalue weighted by Gasteiger charge is -2.08. The predicted octanol–water partition coefficient (Wildman–Crippen LogP) is 3.69. The van der Waals surface area contributed by atoms with Gasteiger partial charge in [-0.15, -0.1) is 0 Å². The molecule has 8 heteroatoms. The number of rotatable bonds is 2. The van der Waals surface area contributed by atoms with Crippen molar-refractivity contribution in [3.63, 3.8) is 0 Å². The number of benzene rings is 1. The summed E-state index contributed by atoms with van der Waals surface area (Å²) < 4.78 is 43.6. The molecule has 0 spiro atoms. The molecular weight excluding hydrogens is 285 g/mol. The van der Waals surface area contributed by atoms with Crippen LogP contribution in [0.3, 0.4) is 0 Å². The summed E-state index contributed by atoms with van der Waals surface area (Å²) in [5, 5.41) is 5.62. The number of aryl methyl sites for hydroxylation is 1. The molecule has 0 aliphatic rings. The average molecular weight is 294 g/mol. The minimum absolute atomic E-state index is 0.0114. The molecule has 1 N–H and O–H groups in total. The molecule has 0 fully saturated rings. The molecule has 0 aliphatic carbocycles. The molecule has 0 saturated carbocycles. The lowest BCUT2D eigenvalue weighted by molar-refractivity contribution is -0.141. The number of fused-ring (bicyclic) bond motifs is 1. The predicted molar refractivity (Wildman–Crippen MR) is 69.1 cm³/mol. The molecular formula is C13H9F3N4O. The summed E-state index contributed by atoms with van der Waals surface area (Å²) in [5.74, 6) is 0.295. The summed E-state index contributed by atoms with van der Waals surface area (Å²) >= 11 is 0. The monoisotopic (exact) mass is 294 g/mol. The van der Waals surface area contributed by atoms with Crippen LogP contribution in [0.1, 0.15) is 11.5 Å². The number of para-hydroxylation sites is 1. The van der Waals surface area contributed by atoms with Crippen LogP contribution in [0.25, 0.3) is 11.1 Å². The molecule has 5 nitrogen and oxygen atoms in total. The Kier molecular flexibility index (Phi) is 3.00. The van der Waals surface area contributed by atoms with Crippen molar-refractivity contribution < 1.29 is 17.7 Å². The van der Waals surface area contributed by atoms with E-state index in [-0.39, 0.29) is 22.7 Å². The van der Waals surface area contributed by atoms with Crippen molar-refractivity contribution in [2.45, 2.75) is 13.1 Å². The molecule has 3 rings (SSSR count). The number of anilines is 2. The number of halogens is 3. The fourth-order valence-corrected chi connectivity index (χ4v) is 1.90. The molecule has 1 aromatic carbocycles. The van der Waals surface area contributed by atoms with E-state index in [1.165, 1.54) is 0 Å². The molecule has 0 amide bonds. The van der Waals surface area contributed by atoms with E-state index in [1.54, 1.807) is 37.3 Å². The van der Waals surface area contributed by atoms with Gasteiger partial charge in [0.15, 0.2) is 0 Å². The summed E-state index contributed by atoms with van der Waals surface area (Å²) in [7, 11) is 0. The smallest absolute Gasteiger partial charge is 0.339 e. The zero-order valence-corrected chi connectivity index (χ0v) is 10.8. The summed E-state index contributed by atoms with van der Waals surface area (Å²) in [6.45, 7) is 1.56. The average Bonchev–Trinajstić information content (AvgIpc) is 2.83. The Morgan fingerprint density at radius 1 is 1.10 bits per heavy atom. The van der Waals surface area contributed by atoms with Crippen molar-refractivity contribution in [3.8, 4) is 0 Å². The highest BCUT2D eigenvalue weighted by Gasteiger charge is 2.39. The third-order valence-electron chi connectivity index (χ3n) is 2.75. The molecule has 0 saturated heterocycles. The number of hydrogen-bond acceptors (Lipinski definition) is 5. The van der Waals surface area contributed by atoms with E-state index < -0.39 is 11.9 Å². The maximum atomic E-state index is 13.0. The first-order valence-electron chi connectivity index (χ1n) is 5.98. The van der Waals surface area contributed by atoms with Crippen molar-refractivity contribution >= 4 is 22.6 Å². The normalized spacial score (nSPS) is 11.8. The Balaban J connectivity index is 2.18. The number of hydrogen-bond donors (Lipinski definition) is 1. The number of nitrogens with one attached hydrogen (secondary N) is 1. The van der Waals surface area contributed by atoms with Gasteiger partial charge in [-0.25, -0.2) is 4.98 Å². The van der Waals surface area contributed by atoms with Crippen molar-refractivity contribution in [2.24, 2.45) is 0 Å². The lowest BCUT2D eigenvalue weighted by atomic mass is 10.2. The first-order chi connectivity index (χ1) is 9.95. The fourth-order valence-electron chi connectivity index (χ4n) is 1.90. The van der Waals surface area contributed by atoms with E-state index in [0.717, 1.165) is 0 Å². The van der Waals surface area contributed by atoms with Crippen LogP contribution in [0.15, 0.2) is 34.9 Å². The standard InChI is InChI=1S/C13H9F3N4O/c1-7-17-11(19-8-5-3-2-4-6-8)9-10(13(14,15)16)20-21-12(9)18-7/h2-6H,1H3,(H,17,18,19). The van der Waals surface area contributed by atoms with Crippen LogP contribution in [0.2, 0.25) is 0 Å². The molecule has 0 bridgehead atoms. The minimum atomic E-state index is -4.64. The Labute approximate surface area is 116 Å². The largest absolute Gasteiger partial charge is 0.437 e. The summed E-state index contributed by atoms with van der Waals surface area (Å²) in [5.41, 5.74) is -0.740. The second-order valence-electron chi connectivity index (χ2n) is 4.32. The summed E-state index contributed by atoms with van der Waals surface area (Å²) in [4.78, 5) is 7.85. The molecule has 2 aromatic heterocycles. The van der Waals surface area contributed by atoms with E-state index >= 15 is 0 Å². The van der Waals surface area contributed by atoms with Gasteiger partial charge in [-0.05, 0) is 19.1 Å². The lowest BCUT2D eigenvalue weighted by Crippen LogP contribution is -2.08. The summed E-state index contributed by atoms with van der Waals surface area (Å²) in [6.07, 6.45) is -4.64. The first kappa shape index (κ1) is 13.3. The van der Waals surface area contributed by atoms with Crippen LogP contribution in [0, 0.1) is 6.92 Å². The second-order valence-corrected chi connectivity index (χ2v) is 4.32. The van der Waals surface area contributed by atoms with E-state index in [1.807, 2.05) is 0 Å². The number of alkyl halides is 3.